The topological polar surface area (TPSA) is 94.2 Å². The molecule has 9 nitrogen and oxygen atoms in total. The maximum atomic E-state index is 15.1. The minimum absolute atomic E-state index is 0.261. The summed E-state index contributed by atoms with van der Waals surface area (Å²) in [5.74, 6) is -1.38. The minimum Gasteiger partial charge on any atom is -0.444 e. The number of carbonyl (C=O) groups is 3. The molecule has 4 heterocycles. The highest BCUT2D eigenvalue weighted by Crippen LogP contribution is 2.43. The summed E-state index contributed by atoms with van der Waals surface area (Å²) >= 11 is 0. The second-order valence-electron chi connectivity index (χ2n) is 12.0. The molecule has 0 bridgehead atoms. The molecule has 2 aromatic rings. The van der Waals surface area contributed by atoms with Crippen molar-refractivity contribution in [1.82, 2.24) is 20.7 Å². The van der Waals surface area contributed by atoms with E-state index in [-0.39, 0.29) is 30.7 Å². The number of hydrogen-bond donors (Lipinski definition) is 2. The first kappa shape index (κ1) is 27.7. The van der Waals surface area contributed by atoms with Crippen LogP contribution in [0, 0.1) is 11.2 Å². The summed E-state index contributed by atoms with van der Waals surface area (Å²) in [7, 11) is 0. The fourth-order valence-electron chi connectivity index (χ4n) is 6.85. The molecule has 2 aromatic carbocycles. The minimum atomic E-state index is -0.474. The Kier molecular flexibility index (Phi) is 7.94. The number of piperidine rings is 3. The van der Waals surface area contributed by atoms with Gasteiger partial charge in [0.1, 0.15) is 12.4 Å². The number of likely N-dealkylation sites (tertiary alicyclic amines) is 1. The van der Waals surface area contributed by atoms with Crippen molar-refractivity contribution in [3.63, 3.8) is 0 Å². The predicted molar refractivity (Wildman–Crippen MR) is 151 cm³/mol. The van der Waals surface area contributed by atoms with Crippen molar-refractivity contribution < 1.29 is 23.5 Å². The van der Waals surface area contributed by atoms with Gasteiger partial charge in [0.05, 0.1) is 11.6 Å². The van der Waals surface area contributed by atoms with Crippen LogP contribution in [0.5, 0.6) is 0 Å². The van der Waals surface area contributed by atoms with Crippen molar-refractivity contribution in [2.45, 2.75) is 57.1 Å². The molecule has 4 aliphatic rings. The van der Waals surface area contributed by atoms with Crippen LogP contribution in [0.4, 0.5) is 14.9 Å². The van der Waals surface area contributed by atoms with Gasteiger partial charge >= 0.3 is 6.09 Å². The third-order valence-corrected chi connectivity index (χ3v) is 9.30. The number of hydrazine groups is 1. The van der Waals surface area contributed by atoms with Gasteiger partial charge in [0.25, 0.3) is 0 Å². The molecular formula is C31H38FN5O4. The Morgan fingerprint density at radius 1 is 1.00 bits per heavy atom. The Morgan fingerprint density at radius 2 is 1.73 bits per heavy atom. The van der Waals surface area contributed by atoms with E-state index < -0.39 is 12.0 Å². The highest BCUT2D eigenvalue weighted by Gasteiger charge is 2.47. The number of rotatable bonds is 6. The van der Waals surface area contributed by atoms with Crippen LogP contribution < -0.4 is 15.6 Å². The van der Waals surface area contributed by atoms with Crippen molar-refractivity contribution in [2.24, 2.45) is 5.41 Å². The predicted octanol–water partition coefficient (Wildman–Crippen LogP) is 3.55. The van der Waals surface area contributed by atoms with Gasteiger partial charge in [-0.2, -0.15) is 0 Å². The van der Waals surface area contributed by atoms with Gasteiger partial charge in [-0.25, -0.2) is 14.2 Å². The molecule has 1 unspecified atom stereocenters. The summed E-state index contributed by atoms with van der Waals surface area (Å²) < 4.78 is 20.5. The third-order valence-electron chi connectivity index (χ3n) is 9.30. The van der Waals surface area contributed by atoms with Crippen LogP contribution in [0.25, 0.3) is 0 Å². The molecule has 4 fully saturated rings. The van der Waals surface area contributed by atoms with E-state index in [1.54, 1.807) is 6.07 Å². The maximum Gasteiger partial charge on any atom is 0.422 e. The van der Waals surface area contributed by atoms with Crippen LogP contribution in [-0.4, -0.2) is 73.1 Å². The quantitative estimate of drug-likeness (QED) is 0.519. The van der Waals surface area contributed by atoms with Gasteiger partial charge in [-0.15, -0.1) is 0 Å². The van der Waals surface area contributed by atoms with Gasteiger partial charge in [-0.1, -0.05) is 36.4 Å². The summed E-state index contributed by atoms with van der Waals surface area (Å²) in [6.07, 6.45) is 4.37. The molecular weight excluding hydrogens is 525 g/mol. The average molecular weight is 564 g/mol. The molecule has 0 aromatic heterocycles. The highest BCUT2D eigenvalue weighted by atomic mass is 19.1. The monoisotopic (exact) mass is 563 g/mol. The number of hydrogen-bond acceptors (Lipinski definition) is 7. The Balaban J connectivity index is 0.924. The lowest BCUT2D eigenvalue weighted by Crippen LogP contribution is -2.64. The molecule has 4 aliphatic heterocycles. The maximum absolute atomic E-state index is 15.1. The van der Waals surface area contributed by atoms with E-state index in [1.165, 1.54) is 6.07 Å². The Labute approximate surface area is 240 Å². The van der Waals surface area contributed by atoms with E-state index in [1.807, 2.05) is 41.4 Å². The summed E-state index contributed by atoms with van der Waals surface area (Å²) in [6.45, 7) is 5.65. The lowest BCUT2D eigenvalue weighted by atomic mass is 9.71. The van der Waals surface area contributed by atoms with Crippen LogP contribution in [-0.2, 0) is 20.9 Å². The fraction of sp³-hybridized carbons (Fsp3) is 0.516. The van der Waals surface area contributed by atoms with Crippen LogP contribution in [0.1, 0.15) is 55.6 Å². The zero-order chi connectivity index (χ0) is 28.4. The van der Waals surface area contributed by atoms with E-state index in [0.29, 0.717) is 29.1 Å². The summed E-state index contributed by atoms with van der Waals surface area (Å²) in [5.41, 5.74) is 5.36. The molecule has 3 amide bonds. The van der Waals surface area contributed by atoms with Crippen LogP contribution in [0.2, 0.25) is 0 Å². The molecule has 1 atom stereocenters. The average Bonchev–Trinajstić information content (AvgIpc) is 2.96. The van der Waals surface area contributed by atoms with Crippen molar-refractivity contribution >= 4 is 23.6 Å². The zero-order valence-corrected chi connectivity index (χ0v) is 23.3. The molecule has 0 aliphatic carbocycles. The first-order chi connectivity index (χ1) is 19.9. The molecule has 6 rings (SSSR count). The van der Waals surface area contributed by atoms with Gasteiger partial charge in [0.2, 0.25) is 11.8 Å². The molecule has 2 N–H and O–H groups in total. The lowest BCUT2D eigenvalue weighted by molar-refractivity contribution is -0.134. The Hall–Kier alpha value is -3.50. The van der Waals surface area contributed by atoms with Gasteiger partial charge in [-0.05, 0) is 60.8 Å². The van der Waals surface area contributed by atoms with Gasteiger partial charge in [0.15, 0.2) is 0 Å². The second-order valence-corrected chi connectivity index (χ2v) is 12.0. The number of anilines is 1. The van der Waals surface area contributed by atoms with E-state index in [4.69, 9.17) is 4.74 Å². The smallest absolute Gasteiger partial charge is 0.422 e. The number of nitrogens with zero attached hydrogens (tertiary/aromatic N) is 3. The lowest BCUT2D eigenvalue weighted by Gasteiger charge is -2.57. The molecule has 41 heavy (non-hydrogen) atoms. The van der Waals surface area contributed by atoms with Crippen molar-refractivity contribution in [2.75, 3.05) is 44.2 Å². The van der Waals surface area contributed by atoms with E-state index >= 15 is 4.39 Å². The Bertz CT molecular complexity index is 1270. The van der Waals surface area contributed by atoms with Gasteiger partial charge < -0.3 is 9.64 Å². The summed E-state index contributed by atoms with van der Waals surface area (Å²) in [6, 6.07) is 15.3. The first-order valence-electron chi connectivity index (χ1n) is 14.7. The number of amides is 3. The first-order valence-corrected chi connectivity index (χ1v) is 14.7. The fourth-order valence-corrected chi connectivity index (χ4v) is 6.85. The summed E-state index contributed by atoms with van der Waals surface area (Å²) in [4.78, 5) is 40.5. The number of nitrogens with one attached hydrogen (secondary N) is 2. The van der Waals surface area contributed by atoms with E-state index in [9.17, 15) is 14.4 Å². The second kappa shape index (κ2) is 11.8. The molecule has 4 saturated heterocycles. The van der Waals surface area contributed by atoms with Crippen molar-refractivity contribution in [3.05, 3.63) is 65.5 Å². The number of halogens is 1. The van der Waals surface area contributed by atoms with E-state index in [2.05, 4.69) is 20.5 Å². The van der Waals surface area contributed by atoms with Crippen LogP contribution in [0.3, 0.4) is 0 Å². The molecule has 0 radical (unpaired) electrons. The van der Waals surface area contributed by atoms with Gasteiger partial charge in [0, 0.05) is 51.7 Å². The third kappa shape index (κ3) is 6.23. The number of imide groups is 1. The molecule has 0 saturated carbocycles. The molecule has 10 heteroatoms. The van der Waals surface area contributed by atoms with E-state index in [0.717, 1.165) is 70.5 Å². The molecule has 1 spiro atoms. The zero-order valence-electron chi connectivity index (χ0n) is 23.3. The van der Waals surface area contributed by atoms with Gasteiger partial charge in [-0.3, -0.25) is 25.2 Å². The summed E-state index contributed by atoms with van der Waals surface area (Å²) in [5, 5.41) is 4.31. The highest BCUT2D eigenvalue weighted by molar-refractivity contribution is 6.00. The van der Waals surface area contributed by atoms with Crippen molar-refractivity contribution in [3.8, 4) is 0 Å². The van der Waals surface area contributed by atoms with Crippen LogP contribution >= 0.6 is 0 Å². The number of ether oxygens (including phenoxy) is 1. The molecule has 218 valence electrons. The standard InChI is InChI=1S/C31H38FN5O4/c32-26-18-23(25-7-9-28(38)33-29(25)39)6-8-27(26)35-16-12-31(13-17-35)20-36(21-31)24-10-14-37(15-11-24)34-30(40)41-19-22-4-2-1-3-5-22/h1-6,8,18,24-25H,7,9-17,19-21H2,(H,34,40)(H,33,38,39). The normalized spacial score (nSPS) is 23.6. The Morgan fingerprint density at radius 3 is 2.41 bits per heavy atom. The number of carbonyl (C=O) groups excluding carboxylic acids is 3. The van der Waals surface area contributed by atoms with Crippen molar-refractivity contribution in [1.29, 1.82) is 0 Å². The number of benzene rings is 2. The largest absolute Gasteiger partial charge is 0.444 e. The SMILES string of the molecule is O=C1CCC(c2ccc(N3CCC4(CC3)CN(C3CCN(NC(=O)OCc5ccccc5)CC3)C4)c(F)c2)C(=O)N1. The van der Waals surface area contributed by atoms with Crippen LogP contribution in [0.15, 0.2) is 48.5 Å².